The van der Waals surface area contributed by atoms with E-state index in [1.165, 1.54) is 0 Å². The molecule has 4 heteroatoms. The molecule has 25 heavy (non-hydrogen) atoms. The van der Waals surface area contributed by atoms with Gasteiger partial charge in [0.05, 0.1) is 23.9 Å². The summed E-state index contributed by atoms with van der Waals surface area (Å²) in [4.78, 5) is 0. The van der Waals surface area contributed by atoms with E-state index in [1.54, 1.807) is 6.92 Å². The first-order valence-corrected chi connectivity index (χ1v) is 9.51. The zero-order valence-corrected chi connectivity index (χ0v) is 15.4. The second kappa shape index (κ2) is 6.66. The van der Waals surface area contributed by atoms with E-state index in [0.29, 0.717) is 25.7 Å². The van der Waals surface area contributed by atoms with Gasteiger partial charge in [0.2, 0.25) is 0 Å². The molecule has 0 aromatic rings. The van der Waals surface area contributed by atoms with Crippen molar-refractivity contribution < 1.29 is 20.4 Å². The minimum Gasteiger partial charge on any atom is -0.393 e. The molecule has 6 atom stereocenters. The monoisotopic (exact) mass is 348 g/mol. The predicted molar refractivity (Wildman–Crippen MR) is 97.9 cm³/mol. The molecular formula is C21H32O4. The van der Waals surface area contributed by atoms with Crippen LogP contribution < -0.4 is 0 Å². The van der Waals surface area contributed by atoms with Crippen molar-refractivity contribution in [3.8, 4) is 0 Å². The van der Waals surface area contributed by atoms with Crippen LogP contribution in [0.2, 0.25) is 0 Å². The highest BCUT2D eigenvalue weighted by atomic mass is 16.3. The van der Waals surface area contributed by atoms with Crippen molar-refractivity contribution >= 4 is 0 Å². The van der Waals surface area contributed by atoms with E-state index in [-0.39, 0.29) is 12.0 Å². The van der Waals surface area contributed by atoms with Gasteiger partial charge in [-0.1, -0.05) is 36.8 Å². The molecule has 0 heterocycles. The van der Waals surface area contributed by atoms with Gasteiger partial charge in [0.1, 0.15) is 0 Å². The van der Waals surface area contributed by atoms with Crippen molar-refractivity contribution in [1.82, 2.24) is 0 Å². The number of aliphatic hydroxyl groups excluding tert-OH is 3. The molecule has 4 N–H and O–H groups in total. The molecule has 0 spiro atoms. The Hall–Kier alpha value is -0.940. The van der Waals surface area contributed by atoms with Crippen molar-refractivity contribution in [3.05, 3.63) is 35.5 Å². The average Bonchev–Trinajstić information content (AvgIpc) is 2.80. The van der Waals surface area contributed by atoms with Crippen LogP contribution in [-0.4, -0.2) is 44.3 Å². The molecule has 0 aromatic carbocycles. The standard InChI is InChI=1S/C21H32O4/c1-13-4-7-17(23)10-15(13)5-6-16-11-18(24)12-20(3)19(16)8-9-21(20,25)14(2)22/h5-6,14,17-19,22-25H,1,4,7-12H2,2-3H3/b15-5-,16-6+/t14-,17+,18-,19-,20-,21-/m0/s1. The van der Waals surface area contributed by atoms with Crippen molar-refractivity contribution in [2.45, 2.75) is 82.7 Å². The Morgan fingerprint density at radius 2 is 1.88 bits per heavy atom. The highest BCUT2D eigenvalue weighted by Gasteiger charge is 2.61. The summed E-state index contributed by atoms with van der Waals surface area (Å²) in [5.41, 5.74) is 1.62. The topological polar surface area (TPSA) is 80.9 Å². The second-order valence-electron chi connectivity index (χ2n) is 8.60. The third-order valence-corrected chi connectivity index (χ3v) is 7.03. The van der Waals surface area contributed by atoms with Crippen LogP contribution in [0.4, 0.5) is 0 Å². The van der Waals surface area contributed by atoms with E-state index in [2.05, 4.69) is 12.7 Å². The quantitative estimate of drug-likeness (QED) is 0.618. The predicted octanol–water partition coefficient (Wildman–Crippen LogP) is 2.62. The number of fused-ring (bicyclic) bond motifs is 1. The molecule has 3 fully saturated rings. The van der Waals surface area contributed by atoms with Gasteiger partial charge in [-0.25, -0.2) is 0 Å². The zero-order chi connectivity index (χ0) is 18.4. The molecule has 3 aliphatic carbocycles. The van der Waals surface area contributed by atoms with Crippen LogP contribution >= 0.6 is 0 Å². The van der Waals surface area contributed by atoms with Gasteiger partial charge >= 0.3 is 0 Å². The van der Waals surface area contributed by atoms with Gasteiger partial charge in [0.25, 0.3) is 0 Å². The summed E-state index contributed by atoms with van der Waals surface area (Å²) in [6.45, 7) is 7.75. The Balaban J connectivity index is 1.91. The van der Waals surface area contributed by atoms with Gasteiger partial charge in [0, 0.05) is 5.41 Å². The largest absolute Gasteiger partial charge is 0.393 e. The van der Waals surface area contributed by atoms with E-state index < -0.39 is 23.2 Å². The maximum absolute atomic E-state index is 11.1. The Labute approximate surface area is 150 Å². The normalized spacial score (nSPS) is 46.5. The SMILES string of the molecule is C=C1CC[C@@H](O)C/C1=C/C=C1\C[C@H](O)C[C@@]2(C)[C@H]1CC[C@]2(O)[C@H](C)O. The Kier molecular flexibility index (Phi) is 5.02. The van der Waals surface area contributed by atoms with Crippen LogP contribution in [0.5, 0.6) is 0 Å². The number of allylic oxidation sites excluding steroid dienone is 3. The fraction of sp³-hybridized carbons (Fsp3) is 0.714. The Morgan fingerprint density at radius 1 is 1.16 bits per heavy atom. The fourth-order valence-electron chi connectivity index (χ4n) is 5.43. The first-order valence-electron chi connectivity index (χ1n) is 9.51. The molecule has 0 radical (unpaired) electrons. The van der Waals surface area contributed by atoms with Gasteiger partial charge in [0.15, 0.2) is 0 Å². The Bertz CT molecular complexity index is 605. The number of hydrogen-bond acceptors (Lipinski definition) is 4. The van der Waals surface area contributed by atoms with Crippen LogP contribution in [-0.2, 0) is 0 Å². The first-order chi connectivity index (χ1) is 11.7. The summed E-state index contributed by atoms with van der Waals surface area (Å²) >= 11 is 0. The van der Waals surface area contributed by atoms with Crippen molar-refractivity contribution in [3.63, 3.8) is 0 Å². The molecule has 0 unspecified atom stereocenters. The van der Waals surface area contributed by atoms with E-state index in [0.717, 1.165) is 36.0 Å². The first kappa shape index (κ1) is 18.8. The molecule has 0 aromatic heterocycles. The second-order valence-corrected chi connectivity index (χ2v) is 8.60. The fourth-order valence-corrected chi connectivity index (χ4v) is 5.43. The summed E-state index contributed by atoms with van der Waals surface area (Å²) in [7, 11) is 0. The maximum Gasteiger partial charge on any atom is 0.0962 e. The van der Waals surface area contributed by atoms with Crippen LogP contribution in [0, 0.1) is 11.3 Å². The van der Waals surface area contributed by atoms with Crippen molar-refractivity contribution in [2.75, 3.05) is 0 Å². The lowest BCUT2D eigenvalue weighted by molar-refractivity contribution is -0.154. The summed E-state index contributed by atoms with van der Waals surface area (Å²) in [5.74, 6) is 0.161. The van der Waals surface area contributed by atoms with E-state index in [9.17, 15) is 20.4 Å². The summed E-state index contributed by atoms with van der Waals surface area (Å²) in [6.07, 6.45) is 7.20. The third kappa shape index (κ3) is 3.14. The van der Waals surface area contributed by atoms with Gasteiger partial charge in [-0.2, -0.15) is 0 Å². The molecular weight excluding hydrogens is 316 g/mol. The van der Waals surface area contributed by atoms with Crippen LogP contribution in [0.3, 0.4) is 0 Å². The molecule has 0 saturated heterocycles. The van der Waals surface area contributed by atoms with Gasteiger partial charge < -0.3 is 20.4 Å². The van der Waals surface area contributed by atoms with E-state index in [4.69, 9.17) is 0 Å². The van der Waals surface area contributed by atoms with E-state index >= 15 is 0 Å². The summed E-state index contributed by atoms with van der Waals surface area (Å²) in [5, 5.41) is 41.6. The molecule has 3 saturated carbocycles. The maximum atomic E-state index is 11.1. The molecule has 0 bridgehead atoms. The lowest BCUT2D eigenvalue weighted by Gasteiger charge is -2.49. The minimum absolute atomic E-state index is 0.161. The number of hydrogen-bond donors (Lipinski definition) is 4. The van der Waals surface area contributed by atoms with Gasteiger partial charge in [-0.05, 0) is 63.4 Å². The highest BCUT2D eigenvalue weighted by molar-refractivity contribution is 5.37. The number of rotatable bonds is 2. The van der Waals surface area contributed by atoms with Crippen LogP contribution in [0.15, 0.2) is 35.5 Å². The minimum atomic E-state index is -1.16. The molecule has 140 valence electrons. The lowest BCUT2D eigenvalue weighted by Crippen LogP contribution is -2.55. The smallest absolute Gasteiger partial charge is 0.0962 e. The van der Waals surface area contributed by atoms with Crippen LogP contribution in [0.1, 0.15) is 58.8 Å². The molecule has 3 aliphatic rings. The number of aliphatic hydroxyl groups is 4. The van der Waals surface area contributed by atoms with Gasteiger partial charge in [-0.3, -0.25) is 0 Å². The van der Waals surface area contributed by atoms with E-state index in [1.807, 2.05) is 13.0 Å². The zero-order valence-electron chi connectivity index (χ0n) is 15.4. The highest BCUT2D eigenvalue weighted by Crippen LogP contribution is 2.60. The lowest BCUT2D eigenvalue weighted by atomic mass is 9.59. The average molecular weight is 348 g/mol. The summed E-state index contributed by atoms with van der Waals surface area (Å²) in [6, 6.07) is 0. The molecule has 4 nitrogen and oxygen atoms in total. The molecule has 3 rings (SSSR count). The van der Waals surface area contributed by atoms with Gasteiger partial charge in [-0.15, -0.1) is 0 Å². The summed E-state index contributed by atoms with van der Waals surface area (Å²) < 4.78 is 0. The molecule has 0 amide bonds. The Morgan fingerprint density at radius 3 is 2.56 bits per heavy atom. The van der Waals surface area contributed by atoms with Crippen LogP contribution in [0.25, 0.3) is 0 Å². The van der Waals surface area contributed by atoms with Crippen molar-refractivity contribution in [1.29, 1.82) is 0 Å². The molecule has 0 aliphatic heterocycles. The van der Waals surface area contributed by atoms with Crippen molar-refractivity contribution in [2.24, 2.45) is 11.3 Å². The third-order valence-electron chi connectivity index (χ3n) is 7.03.